The largest absolute Gasteiger partial charge is 0.481 e. The van der Waals surface area contributed by atoms with Crippen LogP contribution >= 0.6 is 31.9 Å². The van der Waals surface area contributed by atoms with Gasteiger partial charge in [-0.2, -0.15) is 0 Å². The molecule has 0 aliphatic heterocycles. The second-order valence-electron chi connectivity index (χ2n) is 3.35. The van der Waals surface area contributed by atoms with E-state index in [1.165, 1.54) is 0 Å². The van der Waals surface area contributed by atoms with Crippen LogP contribution in [0.25, 0.3) is 0 Å². The third-order valence-electron chi connectivity index (χ3n) is 2.01. The Labute approximate surface area is 110 Å². The summed E-state index contributed by atoms with van der Waals surface area (Å²) in [6.07, 6.45) is 0.338. The van der Waals surface area contributed by atoms with Gasteiger partial charge < -0.3 is 5.11 Å². The Morgan fingerprint density at radius 1 is 1.25 bits per heavy atom. The number of benzene rings is 1. The summed E-state index contributed by atoms with van der Waals surface area (Å²) < 4.78 is 0.778. The van der Waals surface area contributed by atoms with E-state index in [1.807, 2.05) is 0 Å². The van der Waals surface area contributed by atoms with Gasteiger partial charge in [0, 0.05) is 10.9 Å². The Morgan fingerprint density at radius 2 is 1.94 bits per heavy atom. The van der Waals surface area contributed by atoms with E-state index in [0.717, 1.165) is 15.6 Å². The molecule has 0 aliphatic rings. The molecule has 0 radical (unpaired) electrons. The van der Waals surface area contributed by atoms with Gasteiger partial charge in [-0.25, -0.2) is 0 Å². The molecule has 1 N–H and O–H groups in total. The normalized spacial score (nSPS) is 10.1. The van der Waals surface area contributed by atoms with E-state index in [4.69, 9.17) is 5.11 Å². The first-order valence-electron chi connectivity index (χ1n) is 4.59. The molecule has 0 bridgehead atoms. The molecule has 86 valence electrons. The molecular weight excluding hydrogens is 340 g/mol. The molecular formula is C11H10Br2O3. The van der Waals surface area contributed by atoms with Gasteiger partial charge >= 0.3 is 5.97 Å². The number of carbonyl (C=O) groups is 2. The molecule has 0 aliphatic carbocycles. The number of alkyl halides is 1. The van der Waals surface area contributed by atoms with Crippen LogP contribution in [-0.4, -0.2) is 22.2 Å². The van der Waals surface area contributed by atoms with Gasteiger partial charge in [-0.05, 0) is 17.2 Å². The number of Topliss-reactive ketones (excluding diaryl/α,β-unsaturated/α-hetero) is 1. The van der Waals surface area contributed by atoms with Gasteiger partial charge in [0.15, 0.2) is 0 Å². The molecule has 0 aromatic heterocycles. The number of carboxylic acid groups (broad SMARTS) is 1. The predicted molar refractivity (Wildman–Crippen MR) is 68.0 cm³/mol. The van der Waals surface area contributed by atoms with Crippen LogP contribution in [0.4, 0.5) is 0 Å². The maximum Gasteiger partial charge on any atom is 0.307 e. The quantitative estimate of drug-likeness (QED) is 0.831. The van der Waals surface area contributed by atoms with Gasteiger partial charge in [0.2, 0.25) is 0 Å². The second kappa shape index (κ2) is 6.15. The highest BCUT2D eigenvalue weighted by Gasteiger charge is 2.08. The Morgan fingerprint density at radius 3 is 2.44 bits per heavy atom. The monoisotopic (exact) mass is 348 g/mol. The average Bonchev–Trinajstić information content (AvgIpc) is 2.21. The lowest BCUT2D eigenvalue weighted by atomic mass is 10.1. The van der Waals surface area contributed by atoms with Crippen LogP contribution in [-0.2, 0) is 22.4 Å². The number of rotatable bonds is 5. The van der Waals surface area contributed by atoms with Gasteiger partial charge in [0.1, 0.15) is 5.78 Å². The number of carbonyl (C=O) groups excluding carboxylic acids is 1. The molecule has 16 heavy (non-hydrogen) atoms. The molecule has 0 saturated carbocycles. The lowest BCUT2D eigenvalue weighted by molar-refractivity contribution is -0.136. The number of ketones is 1. The number of aliphatic carboxylic acids is 1. The summed E-state index contributed by atoms with van der Waals surface area (Å²) in [6.45, 7) is 0. The van der Waals surface area contributed by atoms with Crippen molar-refractivity contribution in [1.82, 2.24) is 0 Å². The fourth-order valence-corrected chi connectivity index (χ4v) is 2.04. The molecule has 0 saturated heterocycles. The van der Waals surface area contributed by atoms with Crippen LogP contribution in [0.15, 0.2) is 22.7 Å². The van der Waals surface area contributed by atoms with E-state index in [0.29, 0.717) is 11.8 Å². The van der Waals surface area contributed by atoms with Gasteiger partial charge in [0.25, 0.3) is 0 Å². The van der Waals surface area contributed by atoms with Crippen molar-refractivity contribution in [2.45, 2.75) is 12.8 Å². The predicted octanol–water partition coefficient (Wildman–Crippen LogP) is 2.58. The molecule has 0 amide bonds. The first-order chi connectivity index (χ1) is 7.52. The van der Waals surface area contributed by atoms with E-state index in [-0.39, 0.29) is 12.2 Å². The van der Waals surface area contributed by atoms with Crippen LogP contribution in [0.2, 0.25) is 0 Å². The topological polar surface area (TPSA) is 54.4 Å². The third-order valence-corrected chi connectivity index (χ3v) is 3.37. The Hall–Kier alpha value is -0.680. The number of halogens is 2. The van der Waals surface area contributed by atoms with Crippen LogP contribution in [0.3, 0.4) is 0 Å². The molecule has 0 spiro atoms. The molecule has 0 atom stereocenters. The maximum absolute atomic E-state index is 11.2. The first-order valence-corrected chi connectivity index (χ1v) is 6.51. The highest BCUT2D eigenvalue weighted by molar-refractivity contribution is 9.10. The highest BCUT2D eigenvalue weighted by Crippen LogP contribution is 2.20. The maximum atomic E-state index is 11.2. The first kappa shape index (κ1) is 13.4. The summed E-state index contributed by atoms with van der Waals surface area (Å²) in [5, 5.41) is 8.96. The minimum absolute atomic E-state index is 0.00866. The van der Waals surface area contributed by atoms with Crippen LogP contribution in [0.1, 0.15) is 11.1 Å². The molecule has 5 heteroatoms. The lowest BCUT2D eigenvalue weighted by Crippen LogP contribution is -2.05. The lowest BCUT2D eigenvalue weighted by Gasteiger charge is -2.05. The molecule has 1 rings (SSSR count). The standard InChI is InChI=1S/C11H10Br2O3/c12-6-9(14)5-8-2-1-7(3-10(8)13)4-11(15)16/h1-3H,4-6H2,(H,15,16). The van der Waals surface area contributed by atoms with E-state index < -0.39 is 5.97 Å². The summed E-state index contributed by atoms with van der Waals surface area (Å²) >= 11 is 6.44. The van der Waals surface area contributed by atoms with Crippen LogP contribution in [0, 0.1) is 0 Å². The van der Waals surface area contributed by atoms with E-state index >= 15 is 0 Å². The van der Waals surface area contributed by atoms with E-state index in [9.17, 15) is 9.59 Å². The Balaban J connectivity index is 2.83. The van der Waals surface area contributed by atoms with Crippen molar-refractivity contribution in [3.63, 3.8) is 0 Å². The van der Waals surface area contributed by atoms with Crippen LogP contribution < -0.4 is 0 Å². The van der Waals surface area contributed by atoms with Crippen molar-refractivity contribution in [2.75, 3.05) is 5.33 Å². The van der Waals surface area contributed by atoms with Gasteiger partial charge in [0.05, 0.1) is 11.8 Å². The molecule has 3 nitrogen and oxygen atoms in total. The molecule has 0 heterocycles. The number of hydrogen-bond acceptors (Lipinski definition) is 2. The van der Waals surface area contributed by atoms with Crippen molar-refractivity contribution in [3.8, 4) is 0 Å². The minimum atomic E-state index is -0.865. The molecule has 0 unspecified atom stereocenters. The van der Waals surface area contributed by atoms with Gasteiger partial charge in [-0.3, -0.25) is 9.59 Å². The fraction of sp³-hybridized carbons (Fsp3) is 0.273. The SMILES string of the molecule is O=C(O)Cc1ccc(CC(=O)CBr)c(Br)c1. The highest BCUT2D eigenvalue weighted by atomic mass is 79.9. The Bertz CT molecular complexity index is 416. The molecule has 0 fully saturated rings. The second-order valence-corrected chi connectivity index (χ2v) is 4.76. The average molecular weight is 350 g/mol. The van der Waals surface area contributed by atoms with Crippen LogP contribution in [0.5, 0.6) is 0 Å². The summed E-state index contributed by atoms with van der Waals surface area (Å²) in [7, 11) is 0. The fourth-order valence-electron chi connectivity index (χ4n) is 1.28. The van der Waals surface area contributed by atoms with Crippen molar-refractivity contribution in [1.29, 1.82) is 0 Å². The minimum Gasteiger partial charge on any atom is -0.481 e. The summed E-state index contributed by atoms with van der Waals surface area (Å²) in [5.74, 6) is -0.775. The van der Waals surface area contributed by atoms with Gasteiger partial charge in [-0.1, -0.05) is 44.0 Å². The van der Waals surface area contributed by atoms with E-state index in [1.54, 1.807) is 18.2 Å². The van der Waals surface area contributed by atoms with Crippen molar-refractivity contribution in [3.05, 3.63) is 33.8 Å². The molecule has 1 aromatic carbocycles. The van der Waals surface area contributed by atoms with Gasteiger partial charge in [-0.15, -0.1) is 0 Å². The van der Waals surface area contributed by atoms with Crippen molar-refractivity contribution >= 4 is 43.6 Å². The Kier molecular flexibility index (Phi) is 5.15. The zero-order valence-corrected chi connectivity index (χ0v) is 11.5. The number of hydrogen-bond donors (Lipinski definition) is 1. The zero-order chi connectivity index (χ0) is 12.1. The summed E-state index contributed by atoms with van der Waals surface area (Å²) in [5.41, 5.74) is 1.59. The third kappa shape index (κ3) is 4.06. The summed E-state index contributed by atoms with van der Waals surface area (Å²) in [6, 6.07) is 5.25. The van der Waals surface area contributed by atoms with E-state index in [2.05, 4.69) is 31.9 Å². The van der Waals surface area contributed by atoms with Crippen molar-refractivity contribution < 1.29 is 14.7 Å². The van der Waals surface area contributed by atoms with Crippen molar-refractivity contribution in [2.24, 2.45) is 0 Å². The smallest absolute Gasteiger partial charge is 0.307 e. The number of carboxylic acids is 1. The summed E-state index contributed by atoms with van der Waals surface area (Å²) in [4.78, 5) is 21.7. The zero-order valence-electron chi connectivity index (χ0n) is 8.37. The molecule has 1 aromatic rings.